The molecule has 2 saturated heterocycles. The third-order valence-corrected chi connectivity index (χ3v) is 6.85. The van der Waals surface area contributed by atoms with Gasteiger partial charge in [-0.05, 0) is 43.2 Å². The summed E-state index contributed by atoms with van der Waals surface area (Å²) in [7, 11) is 0. The number of aromatic amines is 1. The fraction of sp³-hybridized carbons (Fsp3) is 0.385. The van der Waals surface area contributed by atoms with Crippen molar-refractivity contribution < 1.29 is 9.59 Å². The van der Waals surface area contributed by atoms with Gasteiger partial charge < -0.3 is 19.7 Å². The average molecular weight is 431 g/mol. The molecule has 6 heteroatoms. The van der Waals surface area contributed by atoms with Crippen LogP contribution in [0.5, 0.6) is 0 Å². The third-order valence-electron chi connectivity index (χ3n) is 6.85. The van der Waals surface area contributed by atoms with Crippen molar-refractivity contribution in [2.45, 2.75) is 19.8 Å². The fourth-order valence-corrected chi connectivity index (χ4v) is 4.99. The van der Waals surface area contributed by atoms with E-state index in [1.165, 1.54) is 22.2 Å². The molecule has 1 aromatic heterocycles. The predicted molar refractivity (Wildman–Crippen MR) is 127 cm³/mol. The smallest absolute Gasteiger partial charge is 0.228 e. The molecule has 1 atom stereocenters. The second kappa shape index (κ2) is 8.69. The summed E-state index contributed by atoms with van der Waals surface area (Å²) < 4.78 is 0. The van der Waals surface area contributed by atoms with Crippen LogP contribution in [-0.4, -0.2) is 65.9 Å². The minimum Gasteiger partial charge on any atom is -0.368 e. The zero-order valence-corrected chi connectivity index (χ0v) is 18.6. The molecule has 2 fully saturated rings. The van der Waals surface area contributed by atoms with Crippen LogP contribution in [0.2, 0.25) is 0 Å². The Kier molecular flexibility index (Phi) is 5.60. The molecule has 0 radical (unpaired) electrons. The van der Waals surface area contributed by atoms with Gasteiger partial charge in [0.25, 0.3) is 0 Å². The molecule has 5 rings (SSSR count). The van der Waals surface area contributed by atoms with E-state index in [9.17, 15) is 9.59 Å². The van der Waals surface area contributed by atoms with Crippen molar-refractivity contribution in [1.82, 2.24) is 14.8 Å². The van der Waals surface area contributed by atoms with E-state index in [2.05, 4.69) is 47.1 Å². The van der Waals surface area contributed by atoms with Crippen molar-refractivity contribution >= 4 is 28.4 Å². The van der Waals surface area contributed by atoms with Crippen LogP contribution in [0.3, 0.4) is 0 Å². The predicted octanol–water partition coefficient (Wildman–Crippen LogP) is 3.22. The summed E-state index contributed by atoms with van der Waals surface area (Å²) in [6.45, 7) is 6.39. The summed E-state index contributed by atoms with van der Waals surface area (Å²) in [6, 6.07) is 16.7. The van der Waals surface area contributed by atoms with Gasteiger partial charge in [-0.1, -0.05) is 29.8 Å². The highest BCUT2D eigenvalue weighted by Gasteiger charge is 2.37. The lowest BCUT2D eigenvalue weighted by molar-refractivity contribution is -0.136. The second-order valence-electron chi connectivity index (χ2n) is 9.00. The Hall–Kier alpha value is -3.28. The molecule has 6 nitrogen and oxygen atoms in total. The van der Waals surface area contributed by atoms with Gasteiger partial charge in [-0.15, -0.1) is 0 Å². The van der Waals surface area contributed by atoms with Crippen LogP contribution in [0.25, 0.3) is 10.9 Å². The SMILES string of the molecule is Cc1ccc2[nH]cc(CCN3CC(C(=O)N4CCN(c5ccccc5)CC4)CC3=O)c2c1. The summed E-state index contributed by atoms with van der Waals surface area (Å²) >= 11 is 0. The standard InChI is InChI=1S/C26H30N4O2/c1-19-7-8-24-23(15-19)20(17-27-24)9-10-30-18-21(16-25(30)31)26(32)29-13-11-28(12-14-29)22-5-3-2-4-6-22/h2-8,15,17,21,27H,9-14,16,18H2,1H3. The van der Waals surface area contributed by atoms with Crippen molar-refractivity contribution in [2.24, 2.45) is 5.92 Å². The lowest BCUT2D eigenvalue weighted by atomic mass is 10.1. The average Bonchev–Trinajstić information content (AvgIpc) is 3.40. The first-order valence-electron chi connectivity index (χ1n) is 11.5. The molecule has 3 heterocycles. The number of hydrogen-bond donors (Lipinski definition) is 1. The number of carbonyl (C=O) groups is 2. The topological polar surface area (TPSA) is 59.7 Å². The van der Waals surface area contributed by atoms with Gasteiger partial charge in [0, 0.05) is 68.5 Å². The highest BCUT2D eigenvalue weighted by molar-refractivity contribution is 5.89. The minimum absolute atomic E-state index is 0.0993. The van der Waals surface area contributed by atoms with Crippen molar-refractivity contribution in [3.63, 3.8) is 0 Å². The number of carbonyl (C=O) groups excluding carboxylic acids is 2. The van der Waals surface area contributed by atoms with E-state index in [0.29, 0.717) is 32.6 Å². The molecule has 2 aromatic carbocycles. The van der Waals surface area contributed by atoms with Gasteiger partial charge >= 0.3 is 0 Å². The Bertz CT molecular complexity index is 1120. The van der Waals surface area contributed by atoms with Crippen molar-refractivity contribution in [1.29, 1.82) is 0 Å². The lowest BCUT2D eigenvalue weighted by Gasteiger charge is -2.37. The Morgan fingerprint density at radius 3 is 2.62 bits per heavy atom. The maximum atomic E-state index is 13.1. The number of likely N-dealkylation sites (tertiary alicyclic amines) is 1. The molecule has 2 amide bonds. The van der Waals surface area contributed by atoms with Crippen molar-refractivity contribution in [2.75, 3.05) is 44.2 Å². The first kappa shape index (κ1) is 20.6. The largest absolute Gasteiger partial charge is 0.368 e. The molecule has 0 spiro atoms. The van der Waals surface area contributed by atoms with Crippen LogP contribution < -0.4 is 4.90 Å². The number of H-pyrrole nitrogens is 1. The van der Waals surface area contributed by atoms with Gasteiger partial charge in [0.2, 0.25) is 11.8 Å². The van der Waals surface area contributed by atoms with Crippen LogP contribution in [-0.2, 0) is 16.0 Å². The number of aromatic nitrogens is 1. The molecule has 166 valence electrons. The number of benzene rings is 2. The molecule has 32 heavy (non-hydrogen) atoms. The van der Waals surface area contributed by atoms with Gasteiger partial charge in [0.1, 0.15) is 0 Å². The van der Waals surface area contributed by atoms with Crippen LogP contribution in [0, 0.1) is 12.8 Å². The molecule has 0 aliphatic carbocycles. The molecule has 1 N–H and O–H groups in total. The Labute approximate surface area is 188 Å². The van der Waals surface area contributed by atoms with Crippen LogP contribution in [0.1, 0.15) is 17.5 Å². The Morgan fingerprint density at radius 2 is 1.84 bits per heavy atom. The highest BCUT2D eigenvalue weighted by atomic mass is 16.2. The van der Waals surface area contributed by atoms with Gasteiger partial charge in [0.15, 0.2) is 0 Å². The van der Waals surface area contributed by atoms with Gasteiger partial charge in [-0.3, -0.25) is 9.59 Å². The Balaban J connectivity index is 1.16. The van der Waals surface area contributed by atoms with E-state index in [-0.39, 0.29) is 17.7 Å². The summed E-state index contributed by atoms with van der Waals surface area (Å²) in [4.78, 5) is 35.2. The number of nitrogens with one attached hydrogen (secondary N) is 1. The summed E-state index contributed by atoms with van der Waals surface area (Å²) in [5.74, 6) is 0.0227. The van der Waals surface area contributed by atoms with Gasteiger partial charge in [-0.2, -0.15) is 0 Å². The minimum atomic E-state index is -0.212. The fourth-order valence-electron chi connectivity index (χ4n) is 4.99. The second-order valence-corrected chi connectivity index (χ2v) is 9.00. The zero-order valence-electron chi connectivity index (χ0n) is 18.6. The highest BCUT2D eigenvalue weighted by Crippen LogP contribution is 2.24. The van der Waals surface area contributed by atoms with Crippen molar-refractivity contribution in [3.05, 3.63) is 65.9 Å². The van der Waals surface area contributed by atoms with E-state index >= 15 is 0 Å². The summed E-state index contributed by atoms with van der Waals surface area (Å²) in [5.41, 5.74) is 4.78. The first-order chi connectivity index (χ1) is 15.6. The summed E-state index contributed by atoms with van der Waals surface area (Å²) in [5, 5.41) is 1.22. The van der Waals surface area contributed by atoms with Crippen LogP contribution in [0.15, 0.2) is 54.7 Å². The molecular weight excluding hydrogens is 400 g/mol. The number of fused-ring (bicyclic) bond motifs is 1. The summed E-state index contributed by atoms with van der Waals surface area (Å²) in [6.07, 6.45) is 3.18. The molecule has 2 aliphatic heterocycles. The molecular formula is C26H30N4O2. The number of anilines is 1. The van der Waals surface area contributed by atoms with E-state index in [1.807, 2.05) is 34.2 Å². The third kappa shape index (κ3) is 4.09. The maximum Gasteiger partial charge on any atom is 0.228 e. The monoisotopic (exact) mass is 430 g/mol. The number of rotatable bonds is 5. The quantitative estimate of drug-likeness (QED) is 0.676. The number of nitrogens with zero attached hydrogens (tertiary/aromatic N) is 3. The number of piperazine rings is 1. The van der Waals surface area contributed by atoms with E-state index in [0.717, 1.165) is 25.0 Å². The number of aryl methyl sites for hydroxylation is 1. The maximum absolute atomic E-state index is 13.1. The van der Waals surface area contributed by atoms with Crippen molar-refractivity contribution in [3.8, 4) is 0 Å². The van der Waals surface area contributed by atoms with E-state index in [4.69, 9.17) is 0 Å². The first-order valence-corrected chi connectivity index (χ1v) is 11.5. The molecule has 2 aliphatic rings. The van der Waals surface area contributed by atoms with Gasteiger partial charge in [0.05, 0.1) is 5.92 Å². The van der Waals surface area contributed by atoms with E-state index in [1.54, 1.807) is 0 Å². The molecule has 0 bridgehead atoms. The number of hydrogen-bond acceptors (Lipinski definition) is 3. The molecule has 0 saturated carbocycles. The van der Waals surface area contributed by atoms with Crippen LogP contribution in [0.4, 0.5) is 5.69 Å². The van der Waals surface area contributed by atoms with Crippen LogP contribution >= 0.6 is 0 Å². The number of amides is 2. The lowest BCUT2D eigenvalue weighted by Crippen LogP contribution is -2.50. The molecule has 3 aromatic rings. The van der Waals surface area contributed by atoms with Gasteiger partial charge in [-0.25, -0.2) is 0 Å². The molecule has 1 unspecified atom stereocenters. The normalized spacial score (nSPS) is 19.2. The van der Waals surface area contributed by atoms with E-state index < -0.39 is 0 Å². The zero-order chi connectivity index (χ0) is 22.1. The number of para-hydroxylation sites is 1. The Morgan fingerprint density at radius 1 is 1.06 bits per heavy atom.